The Morgan fingerprint density at radius 1 is 0.700 bits per heavy atom. The highest BCUT2D eigenvalue weighted by Gasteiger charge is 2.77. The number of hydrogen-bond acceptors (Lipinski definition) is 18. The van der Waals surface area contributed by atoms with E-state index < -0.39 is 144 Å². The van der Waals surface area contributed by atoms with Crippen LogP contribution in [0.1, 0.15) is 133 Å². The molecular weight excluding hydrogens is 913 g/mol. The zero-order valence-electron chi connectivity index (χ0n) is 43.0. The summed E-state index contributed by atoms with van der Waals surface area (Å²) in [6, 6.07) is 0. The molecule has 4 saturated heterocycles. The van der Waals surface area contributed by atoms with Gasteiger partial charge in [0.25, 0.3) is 0 Å². The van der Waals surface area contributed by atoms with Crippen LogP contribution < -0.4 is 0 Å². The first-order valence-electron chi connectivity index (χ1n) is 25.8. The average molecular weight is 995 g/mol. The Kier molecular flexibility index (Phi) is 16.3. The first kappa shape index (κ1) is 54.3. The number of methoxy groups -OCH3 is 2. The third kappa shape index (κ3) is 9.66. The van der Waals surface area contributed by atoms with Gasteiger partial charge in [0, 0.05) is 62.7 Å². The summed E-state index contributed by atoms with van der Waals surface area (Å²) < 4.78 is 68.0. The molecule has 18 nitrogen and oxygen atoms in total. The highest BCUT2D eigenvalue weighted by Crippen LogP contribution is 2.70. The summed E-state index contributed by atoms with van der Waals surface area (Å²) in [5.41, 5.74) is -3.35. The molecule has 0 bridgehead atoms. The van der Waals surface area contributed by atoms with Crippen molar-refractivity contribution in [1.29, 1.82) is 0 Å². The van der Waals surface area contributed by atoms with Crippen molar-refractivity contribution in [1.82, 2.24) is 0 Å². The van der Waals surface area contributed by atoms with Crippen LogP contribution in [0.3, 0.4) is 0 Å². The number of ether oxygens (including phenoxy) is 11. The predicted molar refractivity (Wildman–Crippen MR) is 248 cm³/mol. The molecule has 18 heteroatoms. The quantitative estimate of drug-likeness (QED) is 0.0994. The molecule has 0 radical (unpaired) electrons. The van der Waals surface area contributed by atoms with Crippen LogP contribution in [0.5, 0.6) is 0 Å². The zero-order valence-corrected chi connectivity index (χ0v) is 43.0. The molecule has 24 atom stereocenters. The molecule has 4 aliphatic heterocycles. The van der Waals surface area contributed by atoms with Gasteiger partial charge in [-0.1, -0.05) is 31.6 Å². The van der Waals surface area contributed by atoms with Crippen molar-refractivity contribution in [2.75, 3.05) is 14.2 Å². The van der Waals surface area contributed by atoms with Crippen molar-refractivity contribution < 1.29 is 87.2 Å². The Morgan fingerprint density at radius 3 is 1.79 bits per heavy atom. The summed E-state index contributed by atoms with van der Waals surface area (Å²) in [5, 5.41) is 58.6. The highest BCUT2D eigenvalue weighted by molar-refractivity contribution is 5.88. The van der Waals surface area contributed by atoms with Crippen LogP contribution in [0.2, 0.25) is 0 Å². The number of Topliss-reactive ketones (excluding diaryl/α,β-unsaturated/α-hetero) is 1. The van der Waals surface area contributed by atoms with E-state index in [4.69, 9.17) is 52.1 Å². The Bertz CT molecular complexity index is 1910. The van der Waals surface area contributed by atoms with Crippen LogP contribution in [0.25, 0.3) is 0 Å². The SMILES string of the molecule is C/C=C(\C)C(=O)O[C@@H]1C[C@@H]2[C@@]3(C)CC[C@H](O[C@H]4C[C@H](OC)[C@H](O[C@H]5C[C@H](O)[C@H](O[C@H]6C[C@H](O)[C@H](O[C@H]7C[C@@H](OC)[C@H](O)[C@@H](C)O7)[C@@H](C)O6)[C@@H](C)O5)[C@@H](C)O4)CC3=CC[C@@]2(O)[C@@]2(O)CC[C@H](C(C)=O)[C@@]12C. The van der Waals surface area contributed by atoms with Gasteiger partial charge in [-0.05, 0) is 98.8 Å². The van der Waals surface area contributed by atoms with Crippen molar-refractivity contribution in [3.05, 3.63) is 23.3 Å². The monoisotopic (exact) mass is 995 g/mol. The second-order valence-electron chi connectivity index (χ2n) is 22.3. The van der Waals surface area contributed by atoms with E-state index in [9.17, 15) is 35.1 Å². The number of hydrogen-bond donors (Lipinski definition) is 5. The fraction of sp³-hybridized carbons (Fsp3) is 0.885. The lowest BCUT2D eigenvalue weighted by Gasteiger charge is -2.66. The minimum atomic E-state index is -1.66. The van der Waals surface area contributed by atoms with Crippen LogP contribution in [0.4, 0.5) is 0 Å². The van der Waals surface area contributed by atoms with Crippen molar-refractivity contribution in [3.63, 3.8) is 0 Å². The van der Waals surface area contributed by atoms with Gasteiger partial charge in [-0.3, -0.25) is 4.79 Å². The number of fused-ring (bicyclic) bond motifs is 5. The van der Waals surface area contributed by atoms with Crippen LogP contribution in [-0.4, -0.2) is 173 Å². The number of rotatable bonds is 13. The number of aliphatic hydroxyl groups excluding tert-OH is 3. The molecule has 398 valence electrons. The fourth-order valence-corrected chi connectivity index (χ4v) is 14.1. The Balaban J connectivity index is 0.851. The molecular formula is C52H82O18. The number of esters is 1. The zero-order chi connectivity index (χ0) is 50.8. The maximum atomic E-state index is 13.3. The lowest BCUT2D eigenvalue weighted by Crippen LogP contribution is -2.75. The Morgan fingerprint density at radius 2 is 1.23 bits per heavy atom. The van der Waals surface area contributed by atoms with Crippen molar-refractivity contribution >= 4 is 11.8 Å². The smallest absolute Gasteiger partial charge is 0.333 e. The van der Waals surface area contributed by atoms with Crippen LogP contribution in [0, 0.1) is 22.7 Å². The molecule has 0 spiro atoms. The van der Waals surface area contributed by atoms with E-state index in [0.717, 1.165) is 5.57 Å². The molecule has 0 aromatic rings. The third-order valence-corrected chi connectivity index (χ3v) is 18.3. The van der Waals surface area contributed by atoms with Crippen molar-refractivity contribution in [3.8, 4) is 0 Å². The molecule has 0 amide bonds. The van der Waals surface area contributed by atoms with Crippen molar-refractivity contribution in [2.45, 2.75) is 255 Å². The summed E-state index contributed by atoms with van der Waals surface area (Å²) in [6.45, 7) is 16.2. The van der Waals surface area contributed by atoms with Crippen LogP contribution in [-0.2, 0) is 61.7 Å². The molecule has 8 aliphatic rings. The topological polar surface area (TPSA) is 237 Å². The summed E-state index contributed by atoms with van der Waals surface area (Å²) >= 11 is 0. The maximum Gasteiger partial charge on any atom is 0.333 e. The number of aliphatic hydroxyl groups is 5. The molecule has 4 aliphatic carbocycles. The molecule has 8 rings (SSSR count). The molecule has 0 unspecified atom stereocenters. The second kappa shape index (κ2) is 21.0. The van der Waals surface area contributed by atoms with Gasteiger partial charge in [0.15, 0.2) is 25.2 Å². The van der Waals surface area contributed by atoms with E-state index >= 15 is 0 Å². The summed E-state index contributed by atoms with van der Waals surface area (Å²) in [6.07, 6.45) is -4.09. The van der Waals surface area contributed by atoms with E-state index in [2.05, 4.69) is 13.0 Å². The van der Waals surface area contributed by atoms with Gasteiger partial charge in [0.2, 0.25) is 0 Å². The van der Waals surface area contributed by atoms with Gasteiger partial charge in [-0.25, -0.2) is 4.79 Å². The summed E-state index contributed by atoms with van der Waals surface area (Å²) in [7, 11) is 3.14. The van der Waals surface area contributed by atoms with Crippen molar-refractivity contribution in [2.24, 2.45) is 22.7 Å². The van der Waals surface area contributed by atoms with Gasteiger partial charge in [0.05, 0.1) is 54.9 Å². The normalized spacial score (nSPS) is 50.9. The number of carbonyl (C=O) groups is 2. The Labute approximate surface area is 412 Å². The van der Waals surface area contributed by atoms with E-state index in [1.807, 2.05) is 13.8 Å². The largest absolute Gasteiger partial charge is 0.458 e. The lowest BCUT2D eigenvalue weighted by atomic mass is 9.43. The molecule has 0 aromatic heterocycles. The molecule has 0 aromatic carbocycles. The van der Waals surface area contributed by atoms with Gasteiger partial charge in [-0.2, -0.15) is 0 Å². The molecule has 3 saturated carbocycles. The molecule has 5 N–H and O–H groups in total. The molecule has 4 heterocycles. The standard InChI is InChI=1S/C52H82O18/c1-12-25(2)48(57)67-39-24-38-49(8)16-14-32(19-31(49)13-17-51(38,58)52(59)18-15-33(26(3)53)50(39,52)9)66-42-23-37(61-11)47(30(7)65-42)70-41-21-35(55)45(28(5)64-41)68-40-20-34(54)46(29(6)63-40)69-43-22-36(60-10)44(56)27(4)62-43/h12-13,27-30,32-47,54-56,58-59H,14-24H2,1-11H3/b25-12+/t27-,28-,29-,30-,32+,33-,34+,35+,36-,37+,38-,39-,40+,41+,42+,43+,44-,45-,46-,47-,49+,50+,51+,52-/m1/s1. The van der Waals surface area contributed by atoms with E-state index in [-0.39, 0.29) is 37.6 Å². The predicted octanol–water partition coefficient (Wildman–Crippen LogP) is 4.07. The summed E-state index contributed by atoms with van der Waals surface area (Å²) in [4.78, 5) is 26.5. The van der Waals surface area contributed by atoms with Crippen LogP contribution >= 0.6 is 0 Å². The van der Waals surface area contributed by atoms with E-state index in [1.54, 1.807) is 47.8 Å². The first-order valence-corrected chi connectivity index (χ1v) is 25.8. The minimum absolute atomic E-state index is 0.0838. The number of allylic oxidation sites excluding steroid dienone is 1. The van der Waals surface area contributed by atoms with Gasteiger partial charge >= 0.3 is 5.97 Å². The number of ketones is 1. The average Bonchev–Trinajstić information content (AvgIpc) is 3.60. The number of carbonyl (C=O) groups excluding carboxylic acids is 2. The third-order valence-electron chi connectivity index (χ3n) is 18.3. The van der Waals surface area contributed by atoms with Gasteiger partial charge < -0.3 is 77.6 Å². The van der Waals surface area contributed by atoms with E-state index in [0.29, 0.717) is 50.5 Å². The fourth-order valence-electron chi connectivity index (χ4n) is 14.1. The maximum absolute atomic E-state index is 13.3. The van der Waals surface area contributed by atoms with E-state index in [1.165, 1.54) is 14.0 Å². The van der Waals surface area contributed by atoms with Gasteiger partial charge in [0.1, 0.15) is 47.5 Å². The minimum Gasteiger partial charge on any atom is -0.458 e. The summed E-state index contributed by atoms with van der Waals surface area (Å²) in [5.74, 6) is -1.58. The van der Waals surface area contributed by atoms with Gasteiger partial charge in [-0.15, -0.1) is 0 Å². The molecule has 7 fully saturated rings. The van der Waals surface area contributed by atoms with Crippen LogP contribution in [0.15, 0.2) is 23.3 Å². The molecule has 70 heavy (non-hydrogen) atoms. The first-order chi connectivity index (χ1) is 33.0. The second-order valence-corrected chi connectivity index (χ2v) is 22.3. The highest BCUT2D eigenvalue weighted by atomic mass is 16.8. The lowest BCUT2D eigenvalue weighted by molar-refractivity contribution is -0.345. The Hall–Kier alpha value is -1.98.